The van der Waals surface area contributed by atoms with E-state index in [0.717, 1.165) is 37.4 Å². The van der Waals surface area contributed by atoms with Crippen molar-refractivity contribution in [2.24, 2.45) is 5.92 Å². The molecular formula is C16H24N3OS+. The molecule has 1 aromatic heterocycles. The van der Waals surface area contributed by atoms with Gasteiger partial charge in [-0.15, -0.1) is 11.3 Å². The van der Waals surface area contributed by atoms with Gasteiger partial charge in [0.05, 0.1) is 18.7 Å². The molecule has 0 bridgehead atoms. The maximum atomic E-state index is 12.2. The molecule has 1 aliphatic carbocycles. The second kappa shape index (κ2) is 7.06. The van der Waals surface area contributed by atoms with Crippen molar-refractivity contribution in [2.75, 3.05) is 25.0 Å². The second-order valence-electron chi connectivity index (χ2n) is 5.85. The van der Waals surface area contributed by atoms with Crippen LogP contribution in [-0.2, 0) is 17.6 Å². The number of likely N-dealkylation sites (N-methyl/N-ethyl adjacent to an activating group) is 1. The Labute approximate surface area is 130 Å². The van der Waals surface area contributed by atoms with Gasteiger partial charge in [-0.3, -0.25) is 4.79 Å². The smallest absolute Gasteiger partial charge is 0.280 e. The topological polar surface area (TPSA) is 57.3 Å². The Morgan fingerprint density at radius 3 is 2.81 bits per heavy atom. The standard InChI is InChI=1S/C16H23N3OS/c1-4-19(5-2)10-15(20)18-16-13(9-17)12-7-6-11(3)8-14(12)21-16/h11H,4-8,10H2,1-3H3,(H,18,20)/p+1/t11-/m0/s1. The van der Waals surface area contributed by atoms with Gasteiger partial charge in [0.1, 0.15) is 11.1 Å². The highest BCUT2D eigenvalue weighted by molar-refractivity contribution is 7.16. The zero-order chi connectivity index (χ0) is 15.4. The van der Waals surface area contributed by atoms with E-state index in [9.17, 15) is 10.1 Å². The van der Waals surface area contributed by atoms with Crippen molar-refractivity contribution in [2.45, 2.75) is 40.0 Å². The highest BCUT2D eigenvalue weighted by Gasteiger charge is 2.25. The van der Waals surface area contributed by atoms with Gasteiger partial charge in [-0.05, 0) is 44.6 Å². The summed E-state index contributed by atoms with van der Waals surface area (Å²) in [7, 11) is 0. The third-order valence-electron chi connectivity index (χ3n) is 4.29. The first kappa shape index (κ1) is 16.0. The van der Waals surface area contributed by atoms with Crippen LogP contribution in [0.15, 0.2) is 0 Å². The molecule has 0 unspecified atom stereocenters. The molecule has 4 nitrogen and oxygen atoms in total. The lowest BCUT2D eigenvalue weighted by Crippen LogP contribution is -3.12. The molecule has 1 heterocycles. The van der Waals surface area contributed by atoms with Crippen molar-refractivity contribution in [1.82, 2.24) is 0 Å². The SMILES string of the molecule is CC[NH+](CC)CC(=O)Nc1sc2c(c1C#N)CC[C@H](C)C2. The molecule has 2 rings (SSSR count). The number of thiophene rings is 1. The van der Waals surface area contributed by atoms with Crippen molar-refractivity contribution >= 4 is 22.2 Å². The first-order valence-electron chi connectivity index (χ1n) is 7.77. The number of hydrogen-bond acceptors (Lipinski definition) is 3. The van der Waals surface area contributed by atoms with Crippen molar-refractivity contribution in [3.05, 3.63) is 16.0 Å². The predicted molar refractivity (Wildman–Crippen MR) is 85.8 cm³/mol. The molecule has 114 valence electrons. The summed E-state index contributed by atoms with van der Waals surface area (Å²) in [5.74, 6) is 0.684. The molecule has 1 atom stereocenters. The molecule has 21 heavy (non-hydrogen) atoms. The van der Waals surface area contributed by atoms with Crippen LogP contribution in [0.25, 0.3) is 0 Å². The number of carbonyl (C=O) groups excluding carboxylic acids is 1. The summed E-state index contributed by atoms with van der Waals surface area (Å²) in [4.78, 5) is 14.7. The number of rotatable bonds is 5. The Hall–Kier alpha value is -1.38. The van der Waals surface area contributed by atoms with Crippen molar-refractivity contribution < 1.29 is 9.69 Å². The van der Waals surface area contributed by atoms with Crippen LogP contribution >= 0.6 is 11.3 Å². The van der Waals surface area contributed by atoms with Crippen LogP contribution in [-0.4, -0.2) is 25.5 Å². The van der Waals surface area contributed by atoms with E-state index < -0.39 is 0 Å². The van der Waals surface area contributed by atoms with Gasteiger partial charge in [0, 0.05) is 4.88 Å². The third kappa shape index (κ3) is 3.63. The summed E-state index contributed by atoms with van der Waals surface area (Å²) >= 11 is 1.60. The predicted octanol–water partition coefficient (Wildman–Crippen LogP) is 1.61. The number of nitriles is 1. The number of anilines is 1. The maximum absolute atomic E-state index is 12.2. The molecule has 0 saturated heterocycles. The lowest BCUT2D eigenvalue weighted by molar-refractivity contribution is -0.888. The fourth-order valence-electron chi connectivity index (χ4n) is 2.86. The molecule has 2 N–H and O–H groups in total. The minimum atomic E-state index is 0.0110. The van der Waals surface area contributed by atoms with Crippen LogP contribution in [0.1, 0.15) is 43.2 Å². The summed E-state index contributed by atoms with van der Waals surface area (Å²) in [6.45, 7) is 8.75. The molecule has 0 spiro atoms. The first-order valence-corrected chi connectivity index (χ1v) is 8.58. The average molecular weight is 306 g/mol. The highest BCUT2D eigenvalue weighted by atomic mass is 32.1. The molecule has 0 fully saturated rings. The van der Waals surface area contributed by atoms with Gasteiger partial charge < -0.3 is 10.2 Å². The van der Waals surface area contributed by atoms with E-state index in [1.165, 1.54) is 15.3 Å². The maximum Gasteiger partial charge on any atom is 0.280 e. The van der Waals surface area contributed by atoms with E-state index >= 15 is 0 Å². The Bertz CT molecular complexity index is 555. The average Bonchev–Trinajstić information content (AvgIpc) is 2.80. The van der Waals surface area contributed by atoms with E-state index in [-0.39, 0.29) is 5.91 Å². The molecule has 1 aliphatic rings. The Morgan fingerprint density at radius 1 is 1.48 bits per heavy atom. The number of fused-ring (bicyclic) bond motifs is 1. The summed E-state index contributed by atoms with van der Waals surface area (Å²) in [6, 6.07) is 2.29. The van der Waals surface area contributed by atoms with Crippen LogP contribution in [0.5, 0.6) is 0 Å². The number of nitrogens with one attached hydrogen (secondary N) is 2. The van der Waals surface area contributed by atoms with E-state index in [1.807, 2.05) is 0 Å². The lowest BCUT2D eigenvalue weighted by atomic mass is 9.89. The summed E-state index contributed by atoms with van der Waals surface area (Å²) in [5.41, 5.74) is 1.87. The van der Waals surface area contributed by atoms with E-state index in [2.05, 4.69) is 32.2 Å². The Balaban J connectivity index is 2.14. The second-order valence-corrected chi connectivity index (χ2v) is 6.95. The summed E-state index contributed by atoms with van der Waals surface area (Å²) < 4.78 is 0. The first-order chi connectivity index (χ1) is 10.1. The van der Waals surface area contributed by atoms with Gasteiger partial charge >= 0.3 is 0 Å². The summed E-state index contributed by atoms with van der Waals surface area (Å²) in [6.07, 6.45) is 3.13. The van der Waals surface area contributed by atoms with Crippen LogP contribution in [0.2, 0.25) is 0 Å². The number of amides is 1. The van der Waals surface area contributed by atoms with Gasteiger partial charge in [0.2, 0.25) is 0 Å². The van der Waals surface area contributed by atoms with Gasteiger partial charge in [-0.1, -0.05) is 6.92 Å². The fraction of sp³-hybridized carbons (Fsp3) is 0.625. The lowest BCUT2D eigenvalue weighted by Gasteiger charge is -2.17. The van der Waals surface area contributed by atoms with Gasteiger partial charge in [-0.2, -0.15) is 5.26 Å². The van der Waals surface area contributed by atoms with Crippen molar-refractivity contribution in [1.29, 1.82) is 5.26 Å². The van der Waals surface area contributed by atoms with E-state index in [1.54, 1.807) is 11.3 Å². The summed E-state index contributed by atoms with van der Waals surface area (Å²) in [5, 5.41) is 13.1. The molecule has 1 amide bonds. The Morgan fingerprint density at radius 2 is 2.19 bits per heavy atom. The number of quaternary nitrogens is 1. The van der Waals surface area contributed by atoms with Gasteiger partial charge in [0.25, 0.3) is 5.91 Å². The highest BCUT2D eigenvalue weighted by Crippen LogP contribution is 2.39. The number of carbonyl (C=O) groups is 1. The molecule has 5 heteroatoms. The largest absolute Gasteiger partial charge is 0.328 e. The normalized spacial score (nSPS) is 17.4. The van der Waals surface area contributed by atoms with Crippen LogP contribution < -0.4 is 10.2 Å². The number of hydrogen-bond donors (Lipinski definition) is 2. The van der Waals surface area contributed by atoms with Crippen LogP contribution in [0, 0.1) is 17.2 Å². The Kier molecular flexibility index (Phi) is 5.38. The molecular weight excluding hydrogens is 282 g/mol. The van der Waals surface area contributed by atoms with Crippen LogP contribution in [0.3, 0.4) is 0 Å². The van der Waals surface area contributed by atoms with Gasteiger partial charge in [0.15, 0.2) is 6.54 Å². The van der Waals surface area contributed by atoms with Crippen molar-refractivity contribution in [3.63, 3.8) is 0 Å². The van der Waals surface area contributed by atoms with E-state index in [4.69, 9.17) is 0 Å². The quantitative estimate of drug-likeness (QED) is 0.868. The molecule has 1 aromatic rings. The monoisotopic (exact) mass is 306 g/mol. The molecule has 0 radical (unpaired) electrons. The fourth-order valence-corrected chi connectivity index (χ4v) is 4.23. The molecule has 0 aliphatic heterocycles. The van der Waals surface area contributed by atoms with Gasteiger partial charge in [-0.25, -0.2) is 0 Å². The molecule has 0 aromatic carbocycles. The third-order valence-corrected chi connectivity index (χ3v) is 5.46. The van der Waals surface area contributed by atoms with Crippen molar-refractivity contribution in [3.8, 4) is 6.07 Å². The number of nitrogens with zero attached hydrogens (tertiary/aromatic N) is 1. The zero-order valence-corrected chi connectivity index (χ0v) is 13.9. The molecule has 0 saturated carbocycles. The van der Waals surface area contributed by atoms with E-state index in [0.29, 0.717) is 18.0 Å². The van der Waals surface area contributed by atoms with Crippen LogP contribution in [0.4, 0.5) is 5.00 Å². The zero-order valence-electron chi connectivity index (χ0n) is 13.1. The minimum absolute atomic E-state index is 0.0110. The minimum Gasteiger partial charge on any atom is -0.328 e.